The average molecular weight is 266 g/mol. The van der Waals surface area contributed by atoms with E-state index in [9.17, 15) is 0 Å². The van der Waals surface area contributed by atoms with Crippen LogP contribution in [0.3, 0.4) is 0 Å². The summed E-state index contributed by atoms with van der Waals surface area (Å²) in [6.07, 6.45) is 0. The highest BCUT2D eigenvalue weighted by atomic mass is 79.9. The van der Waals surface area contributed by atoms with Crippen molar-refractivity contribution in [2.24, 2.45) is 0 Å². The minimum atomic E-state index is 0.974. The normalized spacial score (nSPS) is 9.90. The van der Waals surface area contributed by atoms with Crippen molar-refractivity contribution in [2.45, 2.75) is 13.5 Å². The number of hydrogen-bond donors (Lipinski definition) is 0. The Morgan fingerprint density at radius 3 is 2.10 bits per heavy atom. The Kier molecular flexibility index (Phi) is 2.86. The van der Waals surface area contributed by atoms with Crippen molar-refractivity contribution in [1.29, 1.82) is 0 Å². The lowest BCUT2D eigenvalue weighted by Crippen LogP contribution is -2.35. The summed E-state index contributed by atoms with van der Waals surface area (Å²) in [4.78, 5) is 0. The monoisotopic (exact) mass is 264 g/mol. The third-order valence-corrected chi connectivity index (χ3v) is 2.68. The number of aromatic nitrogens is 1. The van der Waals surface area contributed by atoms with Crippen LogP contribution in [0, 0.1) is 0 Å². The molecule has 0 unspecified atom stereocenters. The third-order valence-electron chi connectivity index (χ3n) is 1.30. The number of halogens is 2. The summed E-state index contributed by atoms with van der Waals surface area (Å²) >= 11 is 6.88. The molecule has 1 aromatic rings. The number of pyridine rings is 1. The average Bonchev–Trinajstić information content (AvgIpc) is 1.88. The van der Waals surface area contributed by atoms with E-state index >= 15 is 0 Å². The van der Waals surface area contributed by atoms with Crippen LogP contribution in [-0.2, 0) is 6.54 Å². The van der Waals surface area contributed by atoms with Gasteiger partial charge in [-0.05, 0) is 13.0 Å². The van der Waals surface area contributed by atoms with Crippen LogP contribution in [0.2, 0.25) is 0 Å². The molecule has 10 heavy (non-hydrogen) atoms. The minimum absolute atomic E-state index is 0.974. The first kappa shape index (κ1) is 8.21. The van der Waals surface area contributed by atoms with Gasteiger partial charge < -0.3 is 0 Å². The van der Waals surface area contributed by atoms with Gasteiger partial charge in [0.05, 0.1) is 0 Å². The highest BCUT2D eigenvalue weighted by Crippen LogP contribution is 2.08. The first-order chi connectivity index (χ1) is 4.75. The molecule has 0 aliphatic rings. The molecule has 0 aliphatic carbocycles. The van der Waals surface area contributed by atoms with Gasteiger partial charge in [0, 0.05) is 44.0 Å². The van der Waals surface area contributed by atoms with E-state index in [2.05, 4.69) is 43.4 Å². The smallest absolute Gasteiger partial charge is 0.181 e. The van der Waals surface area contributed by atoms with E-state index in [0.29, 0.717) is 0 Å². The van der Waals surface area contributed by atoms with Crippen LogP contribution in [-0.4, -0.2) is 0 Å². The van der Waals surface area contributed by atoms with Gasteiger partial charge in [-0.15, -0.1) is 0 Å². The molecule has 0 radical (unpaired) electrons. The molecule has 0 amide bonds. The zero-order valence-corrected chi connectivity index (χ0v) is 8.81. The number of nitrogens with zero attached hydrogens (tertiary/aromatic N) is 1. The first-order valence-corrected chi connectivity index (χ1v) is 4.68. The Balaban J connectivity index is 3.17. The highest BCUT2D eigenvalue weighted by Gasteiger charge is 2.07. The second-order valence-corrected chi connectivity index (χ2v) is 3.54. The maximum absolute atomic E-state index is 3.44. The van der Waals surface area contributed by atoms with Crippen LogP contribution in [0.25, 0.3) is 0 Å². The summed E-state index contributed by atoms with van der Waals surface area (Å²) in [6.45, 7) is 3.08. The van der Waals surface area contributed by atoms with Crippen LogP contribution in [0.5, 0.6) is 0 Å². The molecule has 0 atom stereocenters. The summed E-state index contributed by atoms with van der Waals surface area (Å²) in [5, 5.41) is 0. The lowest BCUT2D eigenvalue weighted by molar-refractivity contribution is -0.714. The van der Waals surface area contributed by atoms with Gasteiger partial charge in [0.15, 0.2) is 0 Å². The molecule has 0 bridgehead atoms. The van der Waals surface area contributed by atoms with Crippen molar-refractivity contribution in [3.05, 3.63) is 27.4 Å². The molecule has 0 fully saturated rings. The maximum Gasteiger partial charge on any atom is 0.248 e. The van der Waals surface area contributed by atoms with Gasteiger partial charge in [0.1, 0.15) is 6.54 Å². The molecule has 0 saturated heterocycles. The molecular formula is C7H8Br2N+. The van der Waals surface area contributed by atoms with Gasteiger partial charge in [0.2, 0.25) is 9.21 Å². The summed E-state index contributed by atoms with van der Waals surface area (Å²) in [5.41, 5.74) is 0. The van der Waals surface area contributed by atoms with Crippen LogP contribution in [0.4, 0.5) is 0 Å². The van der Waals surface area contributed by atoms with E-state index in [1.807, 2.05) is 18.2 Å². The molecule has 1 rings (SSSR count). The van der Waals surface area contributed by atoms with Crippen molar-refractivity contribution in [3.63, 3.8) is 0 Å². The topological polar surface area (TPSA) is 3.88 Å². The summed E-state index contributed by atoms with van der Waals surface area (Å²) in [7, 11) is 0. The van der Waals surface area contributed by atoms with Crippen molar-refractivity contribution >= 4 is 31.9 Å². The molecule has 3 heteroatoms. The number of rotatable bonds is 1. The van der Waals surface area contributed by atoms with Gasteiger partial charge in [-0.2, -0.15) is 4.57 Å². The Morgan fingerprint density at radius 1 is 1.30 bits per heavy atom. The number of hydrogen-bond acceptors (Lipinski definition) is 0. The molecular weight excluding hydrogens is 258 g/mol. The van der Waals surface area contributed by atoms with Gasteiger partial charge >= 0.3 is 0 Å². The van der Waals surface area contributed by atoms with Crippen LogP contribution >= 0.6 is 31.9 Å². The first-order valence-electron chi connectivity index (χ1n) is 3.09. The largest absolute Gasteiger partial charge is 0.248 e. The fraction of sp³-hybridized carbons (Fsp3) is 0.286. The fourth-order valence-corrected chi connectivity index (χ4v) is 2.22. The van der Waals surface area contributed by atoms with Crippen molar-refractivity contribution in [1.82, 2.24) is 0 Å². The van der Waals surface area contributed by atoms with E-state index in [-0.39, 0.29) is 0 Å². The summed E-state index contributed by atoms with van der Waals surface area (Å²) in [6, 6.07) is 6.04. The Bertz CT molecular complexity index is 215. The molecule has 0 aliphatic heterocycles. The van der Waals surface area contributed by atoms with Crippen LogP contribution in [0.15, 0.2) is 27.4 Å². The SMILES string of the molecule is CC[n+]1c(Br)cccc1Br. The summed E-state index contributed by atoms with van der Waals surface area (Å²) < 4.78 is 4.33. The van der Waals surface area contributed by atoms with Gasteiger partial charge in [-0.1, -0.05) is 0 Å². The molecule has 1 nitrogen and oxygen atoms in total. The molecule has 1 aromatic heterocycles. The van der Waals surface area contributed by atoms with Gasteiger partial charge in [-0.25, -0.2) is 0 Å². The lowest BCUT2D eigenvalue weighted by Gasteiger charge is -1.95. The van der Waals surface area contributed by atoms with Gasteiger partial charge in [0.25, 0.3) is 0 Å². The van der Waals surface area contributed by atoms with E-state index in [0.717, 1.165) is 15.8 Å². The van der Waals surface area contributed by atoms with E-state index < -0.39 is 0 Å². The standard InChI is InChI=1S/C7H8Br2N/c1-2-10-6(8)4-3-5-7(10)9/h3-5H,2H2,1H3/q+1. The molecule has 0 spiro atoms. The third kappa shape index (κ3) is 1.58. The maximum atomic E-state index is 3.44. The highest BCUT2D eigenvalue weighted by molar-refractivity contribution is 9.11. The quantitative estimate of drug-likeness (QED) is 0.543. The predicted octanol–water partition coefficient (Wildman–Crippen LogP) is 2.52. The van der Waals surface area contributed by atoms with Crippen molar-refractivity contribution in [3.8, 4) is 0 Å². The second-order valence-electron chi connectivity index (χ2n) is 1.92. The fourth-order valence-electron chi connectivity index (χ4n) is 0.791. The van der Waals surface area contributed by atoms with E-state index in [1.54, 1.807) is 0 Å². The predicted molar refractivity (Wildman–Crippen MR) is 47.7 cm³/mol. The molecule has 0 N–H and O–H groups in total. The zero-order valence-electron chi connectivity index (χ0n) is 5.64. The van der Waals surface area contributed by atoms with Gasteiger partial charge in [-0.3, -0.25) is 0 Å². The Hall–Kier alpha value is 0.110. The lowest BCUT2D eigenvalue weighted by atomic mass is 10.5. The van der Waals surface area contributed by atoms with E-state index in [4.69, 9.17) is 0 Å². The Labute approximate surface area is 77.3 Å². The molecule has 54 valence electrons. The van der Waals surface area contributed by atoms with Crippen molar-refractivity contribution < 1.29 is 4.57 Å². The van der Waals surface area contributed by atoms with Crippen LogP contribution < -0.4 is 4.57 Å². The second kappa shape index (κ2) is 3.49. The Morgan fingerprint density at radius 2 is 1.80 bits per heavy atom. The molecule has 1 heterocycles. The van der Waals surface area contributed by atoms with Crippen LogP contribution in [0.1, 0.15) is 6.92 Å². The summed E-state index contributed by atoms with van der Waals surface area (Å²) in [5.74, 6) is 0. The zero-order chi connectivity index (χ0) is 7.56. The van der Waals surface area contributed by atoms with E-state index in [1.165, 1.54) is 0 Å². The van der Waals surface area contributed by atoms with Crippen molar-refractivity contribution in [2.75, 3.05) is 0 Å². The molecule has 0 saturated carbocycles. The minimum Gasteiger partial charge on any atom is -0.181 e. The molecule has 0 aromatic carbocycles.